The lowest BCUT2D eigenvalue weighted by molar-refractivity contribution is 0.288. The zero-order valence-electron chi connectivity index (χ0n) is 7.60. The van der Waals surface area contributed by atoms with E-state index in [0.29, 0.717) is 29.7 Å². The Bertz CT molecular complexity index is 291. The zero-order chi connectivity index (χ0) is 10.4. The Kier molecular flexibility index (Phi) is 5.05. The highest BCUT2D eigenvalue weighted by molar-refractivity contribution is 6.30. The lowest BCUT2D eigenvalue weighted by Gasteiger charge is -2.09. The van der Waals surface area contributed by atoms with E-state index in [9.17, 15) is 4.39 Å². The maximum Gasteiger partial charge on any atom is 0.123 e. The number of hydrogen-bond donors (Lipinski definition) is 0. The summed E-state index contributed by atoms with van der Waals surface area (Å²) in [4.78, 5) is 0. The first kappa shape index (κ1) is 11.6. The minimum absolute atomic E-state index is 0.339. The van der Waals surface area contributed by atoms with Gasteiger partial charge in [-0.25, -0.2) is 0 Å². The van der Waals surface area contributed by atoms with Crippen LogP contribution in [0.15, 0.2) is 18.2 Å². The average Bonchev–Trinajstić information content (AvgIpc) is 2.20. The van der Waals surface area contributed by atoms with E-state index in [2.05, 4.69) is 0 Å². The molecule has 0 aliphatic carbocycles. The molecule has 0 fully saturated rings. The highest BCUT2D eigenvalue weighted by Gasteiger charge is 2.03. The van der Waals surface area contributed by atoms with Crippen LogP contribution in [0.25, 0.3) is 0 Å². The van der Waals surface area contributed by atoms with Crippen LogP contribution in [0.2, 0.25) is 5.02 Å². The Morgan fingerprint density at radius 2 is 2.14 bits per heavy atom. The number of rotatable bonds is 5. The van der Waals surface area contributed by atoms with Gasteiger partial charge < -0.3 is 4.74 Å². The summed E-state index contributed by atoms with van der Waals surface area (Å²) in [5.74, 6) is 1.02. The molecule has 0 heterocycles. The van der Waals surface area contributed by atoms with E-state index in [1.807, 2.05) is 0 Å². The van der Waals surface area contributed by atoms with Crippen LogP contribution in [0.1, 0.15) is 12.0 Å². The Balaban J connectivity index is 2.65. The molecule has 1 aromatic rings. The van der Waals surface area contributed by atoms with Crippen molar-refractivity contribution in [3.63, 3.8) is 0 Å². The van der Waals surface area contributed by atoms with Crippen LogP contribution >= 0.6 is 23.2 Å². The lowest BCUT2D eigenvalue weighted by Crippen LogP contribution is -2.00. The van der Waals surface area contributed by atoms with Gasteiger partial charge in [0.1, 0.15) is 5.75 Å². The van der Waals surface area contributed by atoms with Gasteiger partial charge in [0.25, 0.3) is 0 Å². The van der Waals surface area contributed by atoms with Crippen LogP contribution < -0.4 is 4.74 Å². The molecular weight excluding hydrogens is 226 g/mol. The molecule has 0 aromatic heterocycles. The predicted molar refractivity (Wildman–Crippen MR) is 57.1 cm³/mol. The molecule has 0 unspecified atom stereocenters. The van der Waals surface area contributed by atoms with Gasteiger partial charge in [-0.05, 0) is 18.2 Å². The zero-order valence-corrected chi connectivity index (χ0v) is 9.11. The van der Waals surface area contributed by atoms with E-state index in [1.54, 1.807) is 18.2 Å². The highest BCUT2D eigenvalue weighted by atomic mass is 35.5. The molecule has 0 saturated carbocycles. The summed E-state index contributed by atoms with van der Waals surface area (Å²) < 4.78 is 17.2. The van der Waals surface area contributed by atoms with Gasteiger partial charge in [-0.1, -0.05) is 11.6 Å². The van der Waals surface area contributed by atoms with Gasteiger partial charge in [0.2, 0.25) is 0 Å². The SMILES string of the molecule is FCCCOc1ccc(Cl)cc1CCl. The second kappa shape index (κ2) is 6.10. The van der Waals surface area contributed by atoms with Crippen LogP contribution in [0.5, 0.6) is 5.75 Å². The normalized spacial score (nSPS) is 10.2. The Hall–Kier alpha value is -0.470. The van der Waals surface area contributed by atoms with Crippen LogP contribution in [0, 0.1) is 0 Å². The molecule has 1 rings (SSSR count). The smallest absolute Gasteiger partial charge is 0.123 e. The van der Waals surface area contributed by atoms with Gasteiger partial charge in [0.15, 0.2) is 0 Å². The van der Waals surface area contributed by atoms with Gasteiger partial charge in [0, 0.05) is 17.0 Å². The summed E-state index contributed by atoms with van der Waals surface area (Å²) >= 11 is 11.5. The van der Waals surface area contributed by atoms with Crippen LogP contribution in [-0.2, 0) is 5.88 Å². The van der Waals surface area contributed by atoms with Gasteiger partial charge in [-0.3, -0.25) is 4.39 Å². The molecular formula is C10H11Cl2FO. The first-order chi connectivity index (χ1) is 6.77. The van der Waals surface area contributed by atoms with E-state index < -0.39 is 0 Å². The first-order valence-corrected chi connectivity index (χ1v) is 5.22. The van der Waals surface area contributed by atoms with Crippen molar-refractivity contribution in [2.75, 3.05) is 13.3 Å². The molecule has 0 amide bonds. The molecule has 0 bridgehead atoms. The third-order valence-corrected chi connectivity index (χ3v) is 2.23. The largest absolute Gasteiger partial charge is 0.493 e. The molecule has 0 radical (unpaired) electrons. The molecule has 1 nitrogen and oxygen atoms in total. The van der Waals surface area contributed by atoms with E-state index in [4.69, 9.17) is 27.9 Å². The van der Waals surface area contributed by atoms with E-state index >= 15 is 0 Å². The van der Waals surface area contributed by atoms with E-state index in [1.165, 1.54) is 0 Å². The molecule has 78 valence electrons. The fourth-order valence-corrected chi connectivity index (χ4v) is 1.43. The molecule has 0 spiro atoms. The number of halogens is 3. The Labute approximate surface area is 92.8 Å². The quantitative estimate of drug-likeness (QED) is 0.558. The van der Waals surface area contributed by atoms with Crippen molar-refractivity contribution in [2.24, 2.45) is 0 Å². The van der Waals surface area contributed by atoms with Crippen molar-refractivity contribution < 1.29 is 9.13 Å². The Morgan fingerprint density at radius 3 is 2.79 bits per heavy atom. The average molecular weight is 237 g/mol. The monoisotopic (exact) mass is 236 g/mol. The Morgan fingerprint density at radius 1 is 1.36 bits per heavy atom. The maximum atomic E-state index is 11.8. The maximum absolute atomic E-state index is 11.8. The molecule has 4 heteroatoms. The predicted octanol–water partition coefficient (Wildman–Crippen LogP) is 3.82. The summed E-state index contributed by atoms with van der Waals surface area (Å²) in [5, 5.41) is 0.624. The minimum atomic E-state index is -0.371. The standard InChI is InChI=1S/C10H11Cl2FO/c11-7-8-6-9(12)2-3-10(8)14-5-1-4-13/h2-3,6H,1,4-5,7H2. The summed E-state index contributed by atoms with van der Waals surface area (Å²) in [6.07, 6.45) is 0.393. The molecule has 0 aliphatic heterocycles. The molecule has 0 atom stereocenters. The van der Waals surface area contributed by atoms with Crippen LogP contribution in [0.3, 0.4) is 0 Å². The minimum Gasteiger partial charge on any atom is -0.493 e. The highest BCUT2D eigenvalue weighted by Crippen LogP contribution is 2.24. The summed E-state index contributed by atoms with van der Waals surface area (Å²) in [5.41, 5.74) is 0.832. The summed E-state index contributed by atoms with van der Waals surface area (Å²) in [6, 6.07) is 5.22. The molecule has 0 aliphatic rings. The molecule has 14 heavy (non-hydrogen) atoms. The number of hydrogen-bond acceptors (Lipinski definition) is 1. The first-order valence-electron chi connectivity index (χ1n) is 4.31. The van der Waals surface area contributed by atoms with Crippen LogP contribution in [-0.4, -0.2) is 13.3 Å². The molecule has 0 N–H and O–H groups in total. The van der Waals surface area contributed by atoms with E-state index in [-0.39, 0.29) is 6.67 Å². The lowest BCUT2D eigenvalue weighted by atomic mass is 10.2. The van der Waals surface area contributed by atoms with Crippen molar-refractivity contribution in [2.45, 2.75) is 12.3 Å². The second-order valence-electron chi connectivity index (χ2n) is 2.78. The van der Waals surface area contributed by atoms with Crippen molar-refractivity contribution >= 4 is 23.2 Å². The van der Waals surface area contributed by atoms with Gasteiger partial charge >= 0.3 is 0 Å². The van der Waals surface area contributed by atoms with E-state index in [0.717, 1.165) is 5.56 Å². The van der Waals surface area contributed by atoms with Gasteiger partial charge in [0.05, 0.1) is 19.2 Å². The van der Waals surface area contributed by atoms with Crippen LogP contribution in [0.4, 0.5) is 4.39 Å². The second-order valence-corrected chi connectivity index (χ2v) is 3.48. The summed E-state index contributed by atoms with van der Waals surface area (Å²) in [6.45, 7) is -0.00812. The molecule has 0 saturated heterocycles. The van der Waals surface area contributed by atoms with Crippen molar-refractivity contribution in [1.29, 1.82) is 0 Å². The summed E-state index contributed by atoms with van der Waals surface area (Å²) in [7, 11) is 0. The number of ether oxygens (including phenoxy) is 1. The van der Waals surface area contributed by atoms with Crippen molar-refractivity contribution in [3.05, 3.63) is 28.8 Å². The fraction of sp³-hybridized carbons (Fsp3) is 0.400. The third kappa shape index (κ3) is 3.35. The van der Waals surface area contributed by atoms with Gasteiger partial charge in [-0.15, -0.1) is 11.6 Å². The fourth-order valence-electron chi connectivity index (χ4n) is 1.03. The number of alkyl halides is 2. The van der Waals surface area contributed by atoms with Gasteiger partial charge in [-0.2, -0.15) is 0 Å². The molecule has 1 aromatic carbocycles. The third-order valence-electron chi connectivity index (χ3n) is 1.70. The number of benzene rings is 1. The van der Waals surface area contributed by atoms with Crippen molar-refractivity contribution in [3.8, 4) is 5.75 Å². The topological polar surface area (TPSA) is 9.23 Å². The van der Waals surface area contributed by atoms with Crippen molar-refractivity contribution in [1.82, 2.24) is 0 Å².